The van der Waals surface area contributed by atoms with E-state index in [0.717, 1.165) is 23.7 Å². The molecule has 1 atom stereocenters. The molecule has 29 heavy (non-hydrogen) atoms. The topological polar surface area (TPSA) is 84.9 Å². The zero-order valence-electron chi connectivity index (χ0n) is 16.1. The van der Waals surface area contributed by atoms with Crippen LogP contribution in [0.2, 0.25) is 0 Å². The van der Waals surface area contributed by atoms with Gasteiger partial charge in [0.1, 0.15) is 18.0 Å². The van der Waals surface area contributed by atoms with Gasteiger partial charge in [-0.2, -0.15) is 0 Å². The summed E-state index contributed by atoms with van der Waals surface area (Å²) < 4.78 is 12.4. The van der Waals surface area contributed by atoms with Crippen molar-refractivity contribution >= 4 is 52.3 Å². The Morgan fingerprint density at radius 2 is 1.86 bits per heavy atom. The van der Waals surface area contributed by atoms with Gasteiger partial charge < -0.3 is 19.9 Å². The number of nitrogens with one attached hydrogen (secondary N) is 1. The Morgan fingerprint density at radius 1 is 1.17 bits per heavy atom. The molecule has 0 radical (unpaired) electrons. The second kappa shape index (κ2) is 11.5. The summed E-state index contributed by atoms with van der Waals surface area (Å²) in [7, 11) is 0.802. The summed E-state index contributed by atoms with van der Waals surface area (Å²) in [6.45, 7) is 4.03. The summed E-state index contributed by atoms with van der Waals surface area (Å²) >= 11 is 7.03. The monoisotopic (exact) mass is 545 g/mol. The molecule has 156 valence electrons. The van der Waals surface area contributed by atoms with E-state index in [-0.39, 0.29) is 17.9 Å². The van der Waals surface area contributed by atoms with Crippen LogP contribution in [-0.2, 0) is 15.7 Å². The predicted octanol–water partition coefficient (Wildman–Crippen LogP) is 5.20. The third kappa shape index (κ3) is 6.98. The number of hydrogen-bond acceptors (Lipinski definition) is 5. The molecule has 0 heterocycles. The molecule has 0 spiro atoms. The van der Waals surface area contributed by atoms with Crippen LogP contribution >= 0.6 is 40.4 Å². The predicted molar refractivity (Wildman–Crippen MR) is 122 cm³/mol. The maximum atomic E-state index is 12.3. The van der Waals surface area contributed by atoms with Crippen LogP contribution in [0.3, 0.4) is 0 Å². The Balaban J connectivity index is 2.15. The second-order valence-electron chi connectivity index (χ2n) is 6.10. The fourth-order valence-corrected chi connectivity index (χ4v) is 4.46. The van der Waals surface area contributed by atoms with Gasteiger partial charge in [0, 0.05) is 0 Å². The molecule has 2 aromatic rings. The molecule has 1 unspecified atom stereocenters. The molecule has 1 amide bonds. The van der Waals surface area contributed by atoms with E-state index in [9.17, 15) is 14.7 Å². The number of esters is 1. The van der Waals surface area contributed by atoms with Gasteiger partial charge in [0.2, 0.25) is 0 Å². The summed E-state index contributed by atoms with van der Waals surface area (Å²) in [6.07, 6.45) is 1.67. The minimum absolute atomic E-state index is 0.00170. The number of benzene rings is 2. The van der Waals surface area contributed by atoms with Crippen LogP contribution in [-0.4, -0.2) is 36.8 Å². The summed E-state index contributed by atoms with van der Waals surface area (Å²) in [5.74, 6) is -0.415. The van der Waals surface area contributed by atoms with E-state index in [1.165, 1.54) is 17.7 Å². The summed E-state index contributed by atoms with van der Waals surface area (Å²) in [6, 6.07) is 8.33. The molecule has 6 nitrogen and oxygen atoms in total. The molecular formula is C20H22Br2NO5P. The average Bonchev–Trinajstić information content (AvgIpc) is 2.68. The van der Waals surface area contributed by atoms with E-state index in [2.05, 4.69) is 43.8 Å². The number of halogens is 2. The van der Waals surface area contributed by atoms with E-state index < -0.39 is 11.9 Å². The Hall–Kier alpha value is -1.63. The van der Waals surface area contributed by atoms with Crippen molar-refractivity contribution in [1.29, 1.82) is 0 Å². The maximum Gasteiger partial charge on any atom is 0.325 e. The minimum Gasteiger partial charge on any atom is -0.507 e. The van der Waals surface area contributed by atoms with Crippen molar-refractivity contribution in [2.24, 2.45) is 0 Å². The minimum atomic E-state index is -0.598. The highest BCUT2D eigenvalue weighted by Gasteiger charge is 2.16. The first-order chi connectivity index (χ1) is 13.8. The van der Waals surface area contributed by atoms with E-state index >= 15 is 0 Å². The fraction of sp³-hybridized carbons (Fsp3) is 0.300. The molecule has 2 aromatic carbocycles. The number of carbonyl (C=O) groups excluding carboxylic acids is 2. The highest BCUT2D eigenvalue weighted by molar-refractivity contribution is 9.11. The van der Waals surface area contributed by atoms with Gasteiger partial charge in [-0.1, -0.05) is 6.92 Å². The van der Waals surface area contributed by atoms with Crippen molar-refractivity contribution in [2.75, 3.05) is 19.8 Å². The van der Waals surface area contributed by atoms with Crippen LogP contribution in [0.5, 0.6) is 17.2 Å². The second-order valence-corrected chi connectivity index (χ2v) is 8.87. The zero-order chi connectivity index (χ0) is 21.4. The number of aromatic hydroxyl groups is 1. The van der Waals surface area contributed by atoms with Gasteiger partial charge in [-0.25, -0.2) is 0 Å². The van der Waals surface area contributed by atoms with Crippen molar-refractivity contribution in [3.8, 4) is 17.2 Å². The molecule has 0 aliphatic carbocycles. The molecule has 0 saturated carbocycles. The van der Waals surface area contributed by atoms with Crippen molar-refractivity contribution in [2.45, 2.75) is 19.5 Å². The normalized spacial score (nSPS) is 10.9. The molecule has 0 aliphatic rings. The molecule has 2 rings (SSSR count). The van der Waals surface area contributed by atoms with Gasteiger partial charge in [-0.05, 0) is 87.0 Å². The van der Waals surface area contributed by atoms with Crippen LogP contribution in [0.1, 0.15) is 29.3 Å². The standard InChI is InChI=1S/C20H22Br2NO5P/c1-3-6-27-18(25)10-23-20(26)14-9-13(4-5-17(14)24)28-19-15(21)7-12(11-29-2)8-16(19)22/h4-5,7-9,24,29H,3,6,10-11H2,1-2H3,(H,23,26). The Labute approximate surface area is 188 Å². The van der Waals surface area contributed by atoms with E-state index in [0.29, 0.717) is 24.5 Å². The molecular weight excluding hydrogens is 525 g/mol. The first-order valence-electron chi connectivity index (χ1n) is 8.92. The Kier molecular flexibility index (Phi) is 9.40. The molecule has 0 aliphatic heterocycles. The van der Waals surface area contributed by atoms with Crippen molar-refractivity contribution in [1.82, 2.24) is 5.32 Å². The van der Waals surface area contributed by atoms with Crippen molar-refractivity contribution in [3.63, 3.8) is 0 Å². The van der Waals surface area contributed by atoms with Crippen LogP contribution in [0.15, 0.2) is 39.3 Å². The first-order valence-corrected chi connectivity index (χ1v) is 12.2. The third-order valence-corrected chi connectivity index (χ3v) is 5.67. The van der Waals surface area contributed by atoms with Gasteiger partial charge in [-0.15, -0.1) is 8.58 Å². The molecule has 0 bridgehead atoms. The van der Waals surface area contributed by atoms with Crippen molar-refractivity contribution < 1.29 is 24.2 Å². The molecule has 0 aromatic heterocycles. The van der Waals surface area contributed by atoms with Crippen LogP contribution in [0, 0.1) is 0 Å². The fourth-order valence-electron chi connectivity index (χ4n) is 2.41. The van der Waals surface area contributed by atoms with Gasteiger partial charge in [0.25, 0.3) is 5.91 Å². The lowest BCUT2D eigenvalue weighted by molar-refractivity contribution is -0.142. The number of hydrogen-bond donors (Lipinski definition) is 2. The maximum absolute atomic E-state index is 12.3. The SMILES string of the molecule is CCCOC(=O)CNC(=O)c1cc(Oc2c(Br)cc(CPC)cc2Br)ccc1O. The number of rotatable bonds is 9. The lowest BCUT2D eigenvalue weighted by Crippen LogP contribution is -2.30. The van der Waals surface area contributed by atoms with Crippen LogP contribution in [0.25, 0.3) is 0 Å². The zero-order valence-corrected chi connectivity index (χ0v) is 20.2. The Morgan fingerprint density at radius 3 is 2.48 bits per heavy atom. The lowest BCUT2D eigenvalue weighted by atomic mass is 10.1. The lowest BCUT2D eigenvalue weighted by Gasteiger charge is -2.13. The van der Waals surface area contributed by atoms with E-state index in [1.807, 2.05) is 19.1 Å². The van der Waals surface area contributed by atoms with E-state index in [1.54, 1.807) is 6.07 Å². The number of amides is 1. The highest BCUT2D eigenvalue weighted by atomic mass is 79.9. The highest BCUT2D eigenvalue weighted by Crippen LogP contribution is 2.39. The summed E-state index contributed by atoms with van der Waals surface area (Å²) in [5, 5.41) is 12.5. The van der Waals surface area contributed by atoms with E-state index in [4.69, 9.17) is 9.47 Å². The van der Waals surface area contributed by atoms with Gasteiger partial charge >= 0.3 is 5.97 Å². The number of carbonyl (C=O) groups is 2. The largest absolute Gasteiger partial charge is 0.507 e. The van der Waals surface area contributed by atoms with Gasteiger partial charge in [0.05, 0.1) is 21.1 Å². The molecule has 9 heteroatoms. The number of ether oxygens (including phenoxy) is 2. The Bertz CT molecular complexity index is 868. The third-order valence-electron chi connectivity index (χ3n) is 3.73. The smallest absolute Gasteiger partial charge is 0.325 e. The van der Waals surface area contributed by atoms with Gasteiger partial charge in [-0.3, -0.25) is 9.59 Å². The van der Waals surface area contributed by atoms with Crippen LogP contribution in [0.4, 0.5) is 0 Å². The average molecular weight is 547 g/mol. The quantitative estimate of drug-likeness (QED) is 0.333. The number of phenols is 1. The molecule has 0 saturated heterocycles. The first kappa shape index (κ1) is 23.6. The van der Waals surface area contributed by atoms with Crippen LogP contribution < -0.4 is 10.1 Å². The van der Waals surface area contributed by atoms with Gasteiger partial charge in [0.15, 0.2) is 5.75 Å². The van der Waals surface area contributed by atoms with Crippen molar-refractivity contribution in [3.05, 3.63) is 50.4 Å². The summed E-state index contributed by atoms with van der Waals surface area (Å²) in [5.41, 5.74) is 1.18. The summed E-state index contributed by atoms with van der Waals surface area (Å²) in [4.78, 5) is 23.9. The molecule has 0 fully saturated rings. The molecule has 2 N–H and O–H groups in total. The number of phenolic OH excluding ortho intramolecular Hbond substituents is 1.